The maximum absolute atomic E-state index is 10.2. The van der Waals surface area contributed by atoms with Crippen LogP contribution in [-0.2, 0) is 14.2 Å². The van der Waals surface area contributed by atoms with Crippen LogP contribution in [0.5, 0.6) is 0 Å². The molecule has 10 atom stereocenters. The lowest BCUT2D eigenvalue weighted by Crippen LogP contribution is -2.64. The zero-order chi connectivity index (χ0) is 17.3. The Labute approximate surface area is 133 Å². The lowest BCUT2D eigenvalue weighted by molar-refractivity contribution is -0.335. The van der Waals surface area contributed by atoms with Crippen LogP contribution in [0.4, 0.5) is 0 Å². The highest BCUT2D eigenvalue weighted by Gasteiger charge is 2.49. The Bertz CT molecular complexity index is 385. The summed E-state index contributed by atoms with van der Waals surface area (Å²) in [6.45, 7) is 1.49. The summed E-state index contributed by atoms with van der Waals surface area (Å²) in [6, 6.07) is 0. The second-order valence-electron chi connectivity index (χ2n) is 5.95. The molecule has 2 aliphatic rings. The van der Waals surface area contributed by atoms with E-state index in [2.05, 4.69) is 0 Å². The molecule has 0 aromatic carbocycles. The third-order valence-electron chi connectivity index (χ3n) is 4.35. The van der Waals surface area contributed by atoms with Crippen LogP contribution in [0.1, 0.15) is 6.92 Å². The third kappa shape index (κ3) is 3.66. The van der Waals surface area contributed by atoms with Gasteiger partial charge in [0.25, 0.3) is 0 Å². The molecule has 0 radical (unpaired) electrons. The van der Waals surface area contributed by atoms with Crippen molar-refractivity contribution in [2.45, 2.75) is 68.1 Å². The molecule has 10 unspecified atom stereocenters. The normalized spacial score (nSPS) is 51.7. The Morgan fingerprint density at radius 1 is 0.783 bits per heavy atom. The van der Waals surface area contributed by atoms with Gasteiger partial charge in [0.1, 0.15) is 42.7 Å². The van der Waals surface area contributed by atoms with E-state index >= 15 is 0 Å². The van der Waals surface area contributed by atoms with E-state index in [1.807, 2.05) is 0 Å². The van der Waals surface area contributed by atoms with Crippen LogP contribution in [0.15, 0.2) is 0 Å². The van der Waals surface area contributed by atoms with Gasteiger partial charge in [-0.3, -0.25) is 0 Å². The van der Waals surface area contributed by atoms with Gasteiger partial charge in [0.15, 0.2) is 6.29 Å². The SMILES string of the molecule is CC1OC(CN)C(OC2OC(CN)C(O)C(O)C2O)C(O)C1O. The molecule has 0 aromatic rings. The highest BCUT2D eigenvalue weighted by Crippen LogP contribution is 2.28. The molecule has 9 N–H and O–H groups in total. The van der Waals surface area contributed by atoms with Crippen molar-refractivity contribution in [1.82, 2.24) is 0 Å². The summed E-state index contributed by atoms with van der Waals surface area (Å²) < 4.78 is 16.3. The van der Waals surface area contributed by atoms with Crippen molar-refractivity contribution < 1.29 is 39.7 Å². The van der Waals surface area contributed by atoms with Gasteiger partial charge in [-0.25, -0.2) is 0 Å². The minimum atomic E-state index is -1.56. The molecule has 0 aromatic heterocycles. The summed E-state index contributed by atoms with van der Waals surface area (Å²) >= 11 is 0. The molecule has 2 saturated heterocycles. The predicted octanol–water partition coefficient (Wildman–Crippen LogP) is -4.39. The molecule has 2 rings (SSSR count). The van der Waals surface area contributed by atoms with Gasteiger partial charge < -0.3 is 51.2 Å². The molecule has 2 fully saturated rings. The molecule has 0 bridgehead atoms. The average Bonchev–Trinajstić information content (AvgIpc) is 2.55. The van der Waals surface area contributed by atoms with Crippen LogP contribution in [-0.4, -0.2) is 99.8 Å². The Morgan fingerprint density at radius 2 is 1.39 bits per heavy atom. The molecule has 10 nitrogen and oxygen atoms in total. The third-order valence-corrected chi connectivity index (χ3v) is 4.35. The Balaban J connectivity index is 2.11. The van der Waals surface area contributed by atoms with Crippen molar-refractivity contribution in [3.8, 4) is 0 Å². The Morgan fingerprint density at radius 3 is 1.96 bits per heavy atom. The number of aliphatic hydroxyl groups is 5. The summed E-state index contributed by atoms with van der Waals surface area (Å²) in [5.74, 6) is 0. The van der Waals surface area contributed by atoms with Gasteiger partial charge in [0.05, 0.1) is 12.2 Å². The van der Waals surface area contributed by atoms with Crippen LogP contribution in [0.3, 0.4) is 0 Å². The first kappa shape index (κ1) is 18.9. The van der Waals surface area contributed by atoms with Gasteiger partial charge >= 0.3 is 0 Å². The van der Waals surface area contributed by atoms with Crippen LogP contribution in [0.25, 0.3) is 0 Å². The van der Waals surface area contributed by atoms with E-state index < -0.39 is 61.2 Å². The highest BCUT2D eigenvalue weighted by molar-refractivity contribution is 4.95. The van der Waals surface area contributed by atoms with E-state index in [0.29, 0.717) is 0 Å². The molecule has 2 aliphatic heterocycles. The van der Waals surface area contributed by atoms with Gasteiger partial charge in [-0.15, -0.1) is 0 Å². The van der Waals surface area contributed by atoms with Gasteiger partial charge in [0.2, 0.25) is 0 Å². The van der Waals surface area contributed by atoms with Crippen molar-refractivity contribution in [3.63, 3.8) is 0 Å². The summed E-state index contributed by atoms with van der Waals surface area (Å²) in [7, 11) is 0. The molecule has 0 amide bonds. The van der Waals surface area contributed by atoms with E-state index in [1.165, 1.54) is 0 Å². The van der Waals surface area contributed by atoms with Crippen molar-refractivity contribution in [2.75, 3.05) is 13.1 Å². The van der Waals surface area contributed by atoms with Crippen LogP contribution < -0.4 is 11.5 Å². The van der Waals surface area contributed by atoms with E-state index in [1.54, 1.807) is 6.92 Å². The zero-order valence-corrected chi connectivity index (χ0v) is 12.8. The monoisotopic (exact) mass is 338 g/mol. The average molecular weight is 338 g/mol. The van der Waals surface area contributed by atoms with Gasteiger partial charge in [-0.05, 0) is 6.92 Å². The highest BCUT2D eigenvalue weighted by atomic mass is 16.7. The van der Waals surface area contributed by atoms with Crippen molar-refractivity contribution >= 4 is 0 Å². The summed E-state index contributed by atoms with van der Waals surface area (Å²) in [4.78, 5) is 0. The van der Waals surface area contributed by atoms with Crippen LogP contribution >= 0.6 is 0 Å². The van der Waals surface area contributed by atoms with Crippen molar-refractivity contribution in [1.29, 1.82) is 0 Å². The van der Waals surface area contributed by atoms with Crippen molar-refractivity contribution in [2.24, 2.45) is 11.5 Å². The maximum atomic E-state index is 10.2. The predicted molar refractivity (Wildman–Crippen MR) is 76.0 cm³/mol. The number of hydrogen-bond donors (Lipinski definition) is 7. The summed E-state index contributed by atoms with van der Waals surface area (Å²) in [5, 5.41) is 49.7. The molecule has 23 heavy (non-hydrogen) atoms. The molecule has 2 heterocycles. The first-order valence-corrected chi connectivity index (χ1v) is 7.58. The quantitative estimate of drug-likeness (QED) is 0.264. The van der Waals surface area contributed by atoms with E-state index in [4.69, 9.17) is 25.7 Å². The van der Waals surface area contributed by atoms with E-state index in [0.717, 1.165) is 0 Å². The van der Waals surface area contributed by atoms with Gasteiger partial charge in [-0.2, -0.15) is 0 Å². The fourth-order valence-electron chi connectivity index (χ4n) is 2.86. The fourth-order valence-corrected chi connectivity index (χ4v) is 2.86. The number of aliphatic hydroxyl groups excluding tert-OH is 5. The molecule has 0 saturated carbocycles. The van der Waals surface area contributed by atoms with Gasteiger partial charge in [-0.1, -0.05) is 0 Å². The molecular formula is C13H26N2O8. The number of ether oxygens (including phenoxy) is 3. The minimum absolute atomic E-state index is 0.00704. The number of rotatable bonds is 4. The number of nitrogens with two attached hydrogens (primary N) is 2. The smallest absolute Gasteiger partial charge is 0.187 e. The zero-order valence-electron chi connectivity index (χ0n) is 12.8. The topological polar surface area (TPSA) is 181 Å². The van der Waals surface area contributed by atoms with Crippen LogP contribution in [0.2, 0.25) is 0 Å². The Kier molecular flexibility index (Phi) is 6.30. The summed E-state index contributed by atoms with van der Waals surface area (Å²) in [5.41, 5.74) is 11.0. The molecular weight excluding hydrogens is 312 g/mol. The first-order chi connectivity index (χ1) is 10.8. The Hall–Kier alpha value is -0.400. The second kappa shape index (κ2) is 7.66. The largest absolute Gasteiger partial charge is 0.388 e. The first-order valence-electron chi connectivity index (χ1n) is 7.58. The van der Waals surface area contributed by atoms with Crippen molar-refractivity contribution in [3.05, 3.63) is 0 Å². The minimum Gasteiger partial charge on any atom is -0.388 e. The maximum Gasteiger partial charge on any atom is 0.187 e. The fraction of sp³-hybridized carbons (Fsp3) is 1.00. The van der Waals surface area contributed by atoms with Crippen LogP contribution in [0, 0.1) is 0 Å². The molecule has 136 valence electrons. The lowest BCUT2D eigenvalue weighted by atomic mass is 9.94. The number of hydrogen-bond acceptors (Lipinski definition) is 10. The molecule has 0 spiro atoms. The van der Waals surface area contributed by atoms with E-state index in [9.17, 15) is 25.5 Å². The van der Waals surface area contributed by atoms with Gasteiger partial charge in [0, 0.05) is 13.1 Å². The lowest BCUT2D eigenvalue weighted by Gasteiger charge is -2.45. The molecule has 0 aliphatic carbocycles. The molecule has 10 heteroatoms. The van der Waals surface area contributed by atoms with E-state index in [-0.39, 0.29) is 13.1 Å². The standard InChI is InChI=1S/C13H26N2O8/c1-4-7(16)10(19)12(6(3-15)21-4)23-13-11(20)9(18)8(17)5(2-14)22-13/h4-13,16-20H,2-3,14-15H2,1H3. The summed E-state index contributed by atoms with van der Waals surface area (Å²) in [6.07, 6.45) is -11.7. The second-order valence-corrected chi connectivity index (χ2v) is 5.95.